The Labute approximate surface area is 133 Å². The molecule has 1 aromatic carbocycles. The van der Waals surface area contributed by atoms with Gasteiger partial charge in [0.05, 0.1) is 11.7 Å². The molecule has 0 bridgehead atoms. The van der Waals surface area contributed by atoms with Gasteiger partial charge in [0.2, 0.25) is 0 Å². The lowest BCUT2D eigenvalue weighted by Crippen LogP contribution is -2.23. The van der Waals surface area contributed by atoms with Crippen LogP contribution in [0.2, 0.25) is 0 Å². The minimum absolute atomic E-state index is 0.0672. The molecule has 120 valence electrons. The molecule has 0 saturated heterocycles. The minimum atomic E-state index is -0.310. The Morgan fingerprint density at radius 3 is 2.59 bits per heavy atom. The summed E-state index contributed by atoms with van der Waals surface area (Å²) < 4.78 is 11.7. The average Bonchev–Trinajstić information content (AvgIpc) is 2.91. The van der Waals surface area contributed by atoms with E-state index in [0.717, 1.165) is 12.8 Å². The SMILES string of the molecule is CCCCC[C@H]1C=C(OC(=O)c2ccccc2)C(C(C)C)O1. The van der Waals surface area contributed by atoms with Crippen LogP contribution in [0, 0.1) is 5.92 Å². The fourth-order valence-corrected chi connectivity index (χ4v) is 2.64. The van der Waals surface area contributed by atoms with Crippen molar-refractivity contribution in [3.05, 3.63) is 47.7 Å². The highest BCUT2D eigenvalue weighted by molar-refractivity contribution is 5.90. The number of unbranched alkanes of at least 4 members (excludes halogenated alkanes) is 2. The molecule has 1 aromatic rings. The third-order valence-corrected chi connectivity index (χ3v) is 3.87. The van der Waals surface area contributed by atoms with Crippen LogP contribution in [0.25, 0.3) is 0 Å². The van der Waals surface area contributed by atoms with Gasteiger partial charge in [0.25, 0.3) is 0 Å². The lowest BCUT2D eigenvalue weighted by Gasteiger charge is -2.19. The summed E-state index contributed by atoms with van der Waals surface area (Å²) in [6, 6.07) is 9.09. The molecule has 0 aliphatic carbocycles. The fraction of sp³-hybridized carbons (Fsp3) is 0.526. The zero-order chi connectivity index (χ0) is 15.9. The highest BCUT2D eigenvalue weighted by atomic mass is 16.6. The van der Waals surface area contributed by atoms with Gasteiger partial charge in [-0.2, -0.15) is 0 Å². The van der Waals surface area contributed by atoms with Gasteiger partial charge in [-0.3, -0.25) is 0 Å². The van der Waals surface area contributed by atoms with E-state index in [4.69, 9.17) is 9.47 Å². The van der Waals surface area contributed by atoms with Crippen LogP contribution in [-0.4, -0.2) is 18.2 Å². The molecule has 0 saturated carbocycles. The summed E-state index contributed by atoms with van der Waals surface area (Å²) in [5, 5.41) is 0. The number of hydrogen-bond acceptors (Lipinski definition) is 3. The molecular formula is C19H26O3. The van der Waals surface area contributed by atoms with Crippen LogP contribution in [-0.2, 0) is 9.47 Å². The van der Waals surface area contributed by atoms with Gasteiger partial charge in [0.1, 0.15) is 11.9 Å². The van der Waals surface area contributed by atoms with E-state index in [1.165, 1.54) is 12.8 Å². The zero-order valence-corrected chi connectivity index (χ0v) is 13.7. The predicted octanol–water partition coefficient (Wildman–Crippen LogP) is 4.73. The Morgan fingerprint density at radius 2 is 1.95 bits per heavy atom. The van der Waals surface area contributed by atoms with Crippen molar-refractivity contribution < 1.29 is 14.3 Å². The Hall–Kier alpha value is -1.61. The first kappa shape index (κ1) is 16.8. The normalized spacial score (nSPS) is 21.0. The second-order valence-corrected chi connectivity index (χ2v) is 6.16. The summed E-state index contributed by atoms with van der Waals surface area (Å²) in [6.07, 6.45) is 6.46. The van der Waals surface area contributed by atoms with Crippen LogP contribution >= 0.6 is 0 Å². The molecule has 0 aromatic heterocycles. The first-order valence-electron chi connectivity index (χ1n) is 8.26. The summed E-state index contributed by atoms with van der Waals surface area (Å²) in [4.78, 5) is 12.2. The minimum Gasteiger partial charge on any atom is -0.425 e. The number of ether oxygens (including phenoxy) is 2. The van der Waals surface area contributed by atoms with Crippen LogP contribution in [0.1, 0.15) is 56.8 Å². The summed E-state index contributed by atoms with van der Waals surface area (Å²) in [5.41, 5.74) is 0.570. The maximum atomic E-state index is 12.2. The molecule has 1 aliphatic rings. The van der Waals surface area contributed by atoms with Crippen molar-refractivity contribution >= 4 is 5.97 Å². The summed E-state index contributed by atoms with van der Waals surface area (Å²) in [6.45, 7) is 6.36. The van der Waals surface area contributed by atoms with Gasteiger partial charge < -0.3 is 9.47 Å². The Bertz CT molecular complexity index is 505. The van der Waals surface area contributed by atoms with Gasteiger partial charge in [-0.1, -0.05) is 58.2 Å². The van der Waals surface area contributed by atoms with Crippen molar-refractivity contribution in [1.82, 2.24) is 0 Å². The van der Waals surface area contributed by atoms with Crippen LogP contribution in [0.4, 0.5) is 0 Å². The van der Waals surface area contributed by atoms with Crippen molar-refractivity contribution in [2.45, 2.75) is 58.7 Å². The highest BCUT2D eigenvalue weighted by Gasteiger charge is 2.32. The van der Waals surface area contributed by atoms with E-state index in [9.17, 15) is 4.79 Å². The van der Waals surface area contributed by atoms with Gasteiger partial charge in [-0.05, 0) is 30.5 Å². The highest BCUT2D eigenvalue weighted by Crippen LogP contribution is 2.29. The molecule has 22 heavy (non-hydrogen) atoms. The molecule has 0 N–H and O–H groups in total. The smallest absolute Gasteiger partial charge is 0.343 e. The molecule has 1 heterocycles. The van der Waals surface area contributed by atoms with Gasteiger partial charge in [0.15, 0.2) is 0 Å². The van der Waals surface area contributed by atoms with Gasteiger partial charge >= 0.3 is 5.97 Å². The predicted molar refractivity (Wildman–Crippen MR) is 87.6 cm³/mol. The molecule has 3 nitrogen and oxygen atoms in total. The van der Waals surface area contributed by atoms with E-state index >= 15 is 0 Å². The lowest BCUT2D eigenvalue weighted by atomic mass is 10.1. The molecule has 2 rings (SSSR count). The van der Waals surface area contributed by atoms with Crippen LogP contribution < -0.4 is 0 Å². The standard InChI is InChI=1S/C19H26O3/c1-4-5-7-12-16-13-17(18(21-16)14(2)3)22-19(20)15-10-8-6-9-11-15/h6,8-11,13-14,16,18H,4-5,7,12H2,1-3H3/t16-,18?/m0/s1. The van der Waals surface area contributed by atoms with Gasteiger partial charge in [-0.15, -0.1) is 0 Å². The number of esters is 1. The van der Waals surface area contributed by atoms with E-state index in [2.05, 4.69) is 20.8 Å². The van der Waals surface area contributed by atoms with Crippen molar-refractivity contribution in [2.75, 3.05) is 0 Å². The van der Waals surface area contributed by atoms with Gasteiger partial charge in [0, 0.05) is 0 Å². The Morgan fingerprint density at radius 1 is 1.23 bits per heavy atom. The topological polar surface area (TPSA) is 35.5 Å². The van der Waals surface area contributed by atoms with E-state index in [1.807, 2.05) is 24.3 Å². The molecule has 0 radical (unpaired) electrons. The van der Waals surface area contributed by atoms with E-state index in [1.54, 1.807) is 12.1 Å². The Kier molecular flexibility index (Phi) is 6.20. The molecule has 2 atom stereocenters. The number of benzene rings is 1. The van der Waals surface area contributed by atoms with Crippen LogP contribution in [0.5, 0.6) is 0 Å². The lowest BCUT2D eigenvalue weighted by molar-refractivity contribution is 0.00156. The Balaban J connectivity index is 2.01. The first-order chi connectivity index (χ1) is 10.6. The molecule has 1 aliphatic heterocycles. The van der Waals surface area contributed by atoms with E-state index < -0.39 is 0 Å². The second kappa shape index (κ2) is 8.14. The third kappa shape index (κ3) is 4.44. The van der Waals surface area contributed by atoms with E-state index in [0.29, 0.717) is 11.3 Å². The third-order valence-electron chi connectivity index (χ3n) is 3.87. The summed E-state index contributed by atoms with van der Waals surface area (Å²) in [5.74, 6) is 0.645. The first-order valence-corrected chi connectivity index (χ1v) is 8.26. The average molecular weight is 302 g/mol. The van der Waals surface area contributed by atoms with Crippen molar-refractivity contribution in [3.63, 3.8) is 0 Å². The monoisotopic (exact) mass is 302 g/mol. The second-order valence-electron chi connectivity index (χ2n) is 6.16. The fourth-order valence-electron chi connectivity index (χ4n) is 2.64. The molecule has 0 spiro atoms. The molecule has 3 heteroatoms. The number of rotatable bonds is 7. The van der Waals surface area contributed by atoms with Gasteiger partial charge in [-0.25, -0.2) is 4.79 Å². The van der Waals surface area contributed by atoms with Crippen LogP contribution in [0.3, 0.4) is 0 Å². The number of carbonyl (C=O) groups excluding carboxylic acids is 1. The quantitative estimate of drug-likeness (QED) is 0.539. The summed E-state index contributed by atoms with van der Waals surface area (Å²) >= 11 is 0. The van der Waals surface area contributed by atoms with Crippen molar-refractivity contribution in [1.29, 1.82) is 0 Å². The maximum absolute atomic E-state index is 12.2. The molecule has 0 fully saturated rings. The molecule has 1 unspecified atom stereocenters. The maximum Gasteiger partial charge on any atom is 0.343 e. The largest absolute Gasteiger partial charge is 0.425 e. The number of carbonyl (C=O) groups is 1. The van der Waals surface area contributed by atoms with Crippen molar-refractivity contribution in [2.24, 2.45) is 5.92 Å². The summed E-state index contributed by atoms with van der Waals surface area (Å²) in [7, 11) is 0. The molecular weight excluding hydrogens is 276 g/mol. The zero-order valence-electron chi connectivity index (χ0n) is 13.7. The van der Waals surface area contributed by atoms with Crippen molar-refractivity contribution in [3.8, 4) is 0 Å². The number of hydrogen-bond donors (Lipinski definition) is 0. The van der Waals surface area contributed by atoms with Crippen LogP contribution in [0.15, 0.2) is 42.2 Å². The van der Waals surface area contributed by atoms with E-state index in [-0.39, 0.29) is 24.1 Å². The molecule has 0 amide bonds.